The zero-order chi connectivity index (χ0) is 13.6. The molecule has 0 radical (unpaired) electrons. The Morgan fingerprint density at radius 1 is 1.00 bits per heavy atom. The lowest BCUT2D eigenvalue weighted by Gasteiger charge is -2.15. The van der Waals surface area contributed by atoms with Gasteiger partial charge in [-0.15, -0.1) is 0 Å². The van der Waals surface area contributed by atoms with Crippen LogP contribution in [0.25, 0.3) is 0 Å². The quantitative estimate of drug-likeness (QED) is 0.888. The fraction of sp³-hybridized carbons (Fsp3) is 0.333. The lowest BCUT2D eigenvalue weighted by molar-refractivity contribution is 0.120. The van der Waals surface area contributed by atoms with Crippen LogP contribution in [-0.4, -0.2) is 19.3 Å². The highest BCUT2D eigenvalue weighted by Gasteiger charge is 2.15. The van der Waals surface area contributed by atoms with E-state index in [2.05, 4.69) is 59.9 Å². The maximum Gasteiger partial charge on any atom is 0.0748 e. The summed E-state index contributed by atoms with van der Waals surface area (Å²) in [4.78, 5) is 0. The molecule has 0 saturated carbocycles. The van der Waals surface area contributed by atoms with E-state index in [1.807, 2.05) is 0 Å². The van der Waals surface area contributed by atoms with Gasteiger partial charge in [-0.05, 0) is 36.5 Å². The second-order valence-electron chi connectivity index (χ2n) is 5.34. The molecule has 2 nitrogen and oxygen atoms in total. The van der Waals surface area contributed by atoms with E-state index in [1.54, 1.807) is 0 Å². The predicted molar refractivity (Wildman–Crippen MR) is 83.2 cm³/mol. The molecule has 0 aliphatic carbocycles. The molecule has 1 heterocycles. The van der Waals surface area contributed by atoms with E-state index in [0.717, 1.165) is 19.6 Å². The predicted octanol–water partition coefficient (Wildman–Crippen LogP) is 3.87. The summed E-state index contributed by atoms with van der Waals surface area (Å²) in [7, 11) is 0. The highest BCUT2D eigenvalue weighted by molar-refractivity contribution is 5.52. The van der Waals surface area contributed by atoms with E-state index >= 15 is 0 Å². The van der Waals surface area contributed by atoms with Gasteiger partial charge in [0.2, 0.25) is 0 Å². The first kappa shape index (κ1) is 13.2. The number of anilines is 1. The van der Waals surface area contributed by atoms with Crippen molar-refractivity contribution in [3.05, 3.63) is 65.7 Å². The first-order valence-corrected chi connectivity index (χ1v) is 7.39. The second-order valence-corrected chi connectivity index (χ2v) is 5.34. The van der Waals surface area contributed by atoms with E-state index < -0.39 is 0 Å². The molecule has 1 aliphatic rings. The first-order chi connectivity index (χ1) is 9.92. The summed E-state index contributed by atoms with van der Waals surface area (Å²) in [6.45, 7) is 1.82. The van der Waals surface area contributed by atoms with Crippen LogP contribution < -0.4 is 5.32 Å². The van der Waals surface area contributed by atoms with Gasteiger partial charge in [0.25, 0.3) is 0 Å². The van der Waals surface area contributed by atoms with Gasteiger partial charge in [0.05, 0.1) is 6.10 Å². The summed E-state index contributed by atoms with van der Waals surface area (Å²) in [5.41, 5.74) is 3.92. The molecule has 104 valence electrons. The topological polar surface area (TPSA) is 21.3 Å². The molecule has 1 atom stereocenters. The van der Waals surface area contributed by atoms with Gasteiger partial charge in [-0.3, -0.25) is 0 Å². The molecule has 20 heavy (non-hydrogen) atoms. The van der Waals surface area contributed by atoms with Gasteiger partial charge in [0.15, 0.2) is 0 Å². The van der Waals surface area contributed by atoms with Crippen LogP contribution in [0.3, 0.4) is 0 Å². The molecule has 2 aromatic rings. The molecule has 0 amide bonds. The SMILES string of the molecule is c1ccc(Cc2ccccc2NCC2CCCO2)cc1. The summed E-state index contributed by atoms with van der Waals surface area (Å²) in [5, 5.41) is 3.55. The molecule has 2 aromatic carbocycles. The van der Waals surface area contributed by atoms with Crippen molar-refractivity contribution in [3.8, 4) is 0 Å². The van der Waals surface area contributed by atoms with Crippen molar-refractivity contribution >= 4 is 5.69 Å². The van der Waals surface area contributed by atoms with E-state index in [0.29, 0.717) is 6.10 Å². The molecule has 1 saturated heterocycles. The highest BCUT2D eigenvalue weighted by atomic mass is 16.5. The Balaban J connectivity index is 1.67. The molecule has 0 bridgehead atoms. The van der Waals surface area contributed by atoms with E-state index in [4.69, 9.17) is 4.74 Å². The minimum atomic E-state index is 0.375. The Bertz CT molecular complexity index is 532. The molecule has 0 spiro atoms. The van der Waals surface area contributed by atoms with Crippen LogP contribution in [0.4, 0.5) is 5.69 Å². The number of ether oxygens (including phenoxy) is 1. The van der Waals surface area contributed by atoms with Crippen LogP contribution in [0, 0.1) is 0 Å². The van der Waals surface area contributed by atoms with Crippen molar-refractivity contribution in [3.63, 3.8) is 0 Å². The molecule has 1 N–H and O–H groups in total. The van der Waals surface area contributed by atoms with Crippen LogP contribution in [0.2, 0.25) is 0 Å². The Labute approximate surface area is 120 Å². The largest absolute Gasteiger partial charge is 0.382 e. The standard InChI is InChI=1S/C18H21NO/c1-2-7-15(8-3-1)13-16-9-4-5-11-18(16)19-14-17-10-6-12-20-17/h1-5,7-9,11,17,19H,6,10,12-14H2. The van der Waals surface area contributed by atoms with Crippen LogP contribution in [-0.2, 0) is 11.2 Å². The molecule has 2 heteroatoms. The van der Waals surface area contributed by atoms with Crippen molar-refractivity contribution in [2.24, 2.45) is 0 Å². The molecule has 1 aliphatic heterocycles. The maximum absolute atomic E-state index is 5.67. The number of benzene rings is 2. The smallest absolute Gasteiger partial charge is 0.0748 e. The minimum absolute atomic E-state index is 0.375. The van der Waals surface area contributed by atoms with Gasteiger partial charge >= 0.3 is 0 Å². The second kappa shape index (κ2) is 6.58. The zero-order valence-electron chi connectivity index (χ0n) is 11.7. The third-order valence-electron chi connectivity index (χ3n) is 3.80. The number of hydrogen-bond acceptors (Lipinski definition) is 2. The molecule has 0 aromatic heterocycles. The van der Waals surface area contributed by atoms with Crippen LogP contribution in [0.1, 0.15) is 24.0 Å². The zero-order valence-corrected chi connectivity index (χ0v) is 11.7. The van der Waals surface area contributed by atoms with Gasteiger partial charge in [0.1, 0.15) is 0 Å². The Morgan fingerprint density at radius 2 is 1.80 bits per heavy atom. The first-order valence-electron chi connectivity index (χ1n) is 7.39. The van der Waals surface area contributed by atoms with E-state index in [-0.39, 0.29) is 0 Å². The van der Waals surface area contributed by atoms with Crippen molar-refractivity contribution in [2.45, 2.75) is 25.4 Å². The number of nitrogens with one attached hydrogen (secondary N) is 1. The summed E-state index contributed by atoms with van der Waals surface area (Å²) in [6, 6.07) is 19.2. The molecular formula is C18H21NO. The van der Waals surface area contributed by atoms with Crippen LogP contribution in [0.5, 0.6) is 0 Å². The molecule has 1 fully saturated rings. The van der Waals surface area contributed by atoms with Gasteiger partial charge < -0.3 is 10.1 Å². The lowest BCUT2D eigenvalue weighted by atomic mass is 10.0. The Morgan fingerprint density at radius 3 is 2.60 bits per heavy atom. The third kappa shape index (κ3) is 3.40. The van der Waals surface area contributed by atoms with Crippen molar-refractivity contribution in [1.82, 2.24) is 0 Å². The van der Waals surface area contributed by atoms with Crippen molar-refractivity contribution < 1.29 is 4.74 Å². The van der Waals surface area contributed by atoms with Gasteiger partial charge in [-0.25, -0.2) is 0 Å². The van der Waals surface area contributed by atoms with E-state index in [9.17, 15) is 0 Å². The minimum Gasteiger partial charge on any atom is -0.382 e. The average molecular weight is 267 g/mol. The molecule has 3 rings (SSSR count). The van der Waals surface area contributed by atoms with Gasteiger partial charge in [-0.2, -0.15) is 0 Å². The molecule has 1 unspecified atom stereocenters. The number of hydrogen-bond donors (Lipinski definition) is 1. The summed E-state index contributed by atoms with van der Waals surface area (Å²) >= 11 is 0. The van der Waals surface area contributed by atoms with Crippen molar-refractivity contribution in [2.75, 3.05) is 18.5 Å². The van der Waals surface area contributed by atoms with E-state index in [1.165, 1.54) is 29.7 Å². The fourth-order valence-electron chi connectivity index (χ4n) is 2.69. The summed E-state index contributed by atoms with van der Waals surface area (Å²) in [6.07, 6.45) is 3.71. The molecular weight excluding hydrogens is 246 g/mol. The monoisotopic (exact) mass is 267 g/mol. The summed E-state index contributed by atoms with van der Waals surface area (Å²) in [5.74, 6) is 0. The Hall–Kier alpha value is -1.80. The third-order valence-corrected chi connectivity index (χ3v) is 3.80. The van der Waals surface area contributed by atoms with Crippen molar-refractivity contribution in [1.29, 1.82) is 0 Å². The number of rotatable bonds is 5. The van der Waals surface area contributed by atoms with Gasteiger partial charge in [-0.1, -0.05) is 48.5 Å². The lowest BCUT2D eigenvalue weighted by Crippen LogP contribution is -2.19. The normalized spacial score (nSPS) is 18.1. The Kier molecular flexibility index (Phi) is 4.34. The highest BCUT2D eigenvalue weighted by Crippen LogP contribution is 2.20. The summed E-state index contributed by atoms with van der Waals surface area (Å²) < 4.78 is 5.67. The average Bonchev–Trinajstić information content (AvgIpc) is 3.01. The van der Waals surface area contributed by atoms with Crippen LogP contribution in [0.15, 0.2) is 54.6 Å². The van der Waals surface area contributed by atoms with Crippen LogP contribution >= 0.6 is 0 Å². The number of para-hydroxylation sites is 1. The fourth-order valence-corrected chi connectivity index (χ4v) is 2.69. The van der Waals surface area contributed by atoms with Gasteiger partial charge in [0, 0.05) is 18.8 Å². The maximum atomic E-state index is 5.67.